The summed E-state index contributed by atoms with van der Waals surface area (Å²) in [5.41, 5.74) is 3.52. The van der Waals surface area contributed by atoms with Crippen LogP contribution in [0.15, 0.2) is 42.5 Å². The van der Waals surface area contributed by atoms with E-state index in [1.807, 2.05) is 37.3 Å². The number of aryl methyl sites for hydroxylation is 1. The molecule has 0 nitrogen and oxygen atoms in total. The Morgan fingerprint density at radius 3 is 2.38 bits per heavy atom. The smallest absolute Gasteiger partial charge is 0.0438 e. The zero-order chi connectivity index (χ0) is 11.5. The molecule has 0 spiro atoms. The summed E-state index contributed by atoms with van der Waals surface area (Å²) in [6.45, 7) is 2.01. The minimum Gasteiger partial charge on any atom is -0.0843 e. The molecule has 0 saturated heterocycles. The molecule has 0 unspecified atom stereocenters. The Morgan fingerprint density at radius 2 is 1.69 bits per heavy atom. The van der Waals surface area contributed by atoms with Crippen LogP contribution in [0.5, 0.6) is 0 Å². The van der Waals surface area contributed by atoms with Crippen LogP contribution in [0.2, 0.25) is 10.0 Å². The van der Waals surface area contributed by atoms with Crippen LogP contribution in [0.3, 0.4) is 0 Å². The fourth-order valence-electron chi connectivity index (χ4n) is 1.63. The Morgan fingerprint density at radius 1 is 0.938 bits per heavy atom. The minimum absolute atomic E-state index is 0.774. The lowest BCUT2D eigenvalue weighted by molar-refractivity contribution is 1.19. The molecular weight excluding hydrogens is 239 g/mol. The van der Waals surface area contributed by atoms with Crippen molar-refractivity contribution in [1.29, 1.82) is 0 Å². The largest absolute Gasteiger partial charge is 0.0843 e. The van der Waals surface area contributed by atoms with Crippen LogP contribution in [-0.4, -0.2) is 0 Å². The Bertz CT molecular complexity index is 504. The number of hydrogen-bond donors (Lipinski definition) is 0. The van der Waals surface area contributed by atoms with Gasteiger partial charge in [0, 0.05) is 10.0 Å². The van der Waals surface area contributed by atoms with Crippen LogP contribution in [0.25, 0.3) is 0 Å². The van der Waals surface area contributed by atoms with Crippen molar-refractivity contribution in [1.82, 2.24) is 0 Å². The fourth-order valence-corrected chi connectivity index (χ4v) is 2.04. The van der Waals surface area contributed by atoms with Gasteiger partial charge in [0.1, 0.15) is 0 Å². The van der Waals surface area contributed by atoms with Gasteiger partial charge >= 0.3 is 0 Å². The summed E-state index contributed by atoms with van der Waals surface area (Å²) < 4.78 is 0. The van der Waals surface area contributed by atoms with Gasteiger partial charge in [-0.2, -0.15) is 0 Å². The lowest BCUT2D eigenvalue weighted by atomic mass is 10.0. The number of halogens is 2. The van der Waals surface area contributed by atoms with E-state index in [9.17, 15) is 0 Å². The molecule has 0 aliphatic heterocycles. The summed E-state index contributed by atoms with van der Waals surface area (Å²) in [6, 6.07) is 14.1. The van der Waals surface area contributed by atoms with Gasteiger partial charge < -0.3 is 0 Å². The molecule has 2 aromatic carbocycles. The van der Waals surface area contributed by atoms with Gasteiger partial charge in [-0.1, -0.05) is 47.5 Å². The standard InChI is InChI=1S/C14H12Cl2/c1-10-5-6-12(9-14(10)16)7-11-3-2-4-13(15)8-11/h2-6,8-9H,7H2,1H3. The molecule has 2 aromatic rings. The van der Waals surface area contributed by atoms with Crippen LogP contribution in [-0.2, 0) is 6.42 Å². The van der Waals surface area contributed by atoms with Crippen molar-refractivity contribution >= 4 is 23.2 Å². The van der Waals surface area contributed by atoms with Gasteiger partial charge in [-0.05, 0) is 48.2 Å². The number of rotatable bonds is 2. The zero-order valence-corrected chi connectivity index (χ0v) is 10.5. The number of hydrogen-bond acceptors (Lipinski definition) is 0. The third kappa shape index (κ3) is 2.78. The first-order chi connectivity index (χ1) is 7.65. The first-order valence-electron chi connectivity index (χ1n) is 5.14. The summed E-state index contributed by atoms with van der Waals surface area (Å²) in [5.74, 6) is 0. The van der Waals surface area contributed by atoms with Crippen molar-refractivity contribution < 1.29 is 0 Å². The van der Waals surface area contributed by atoms with Crippen LogP contribution >= 0.6 is 23.2 Å². The lowest BCUT2D eigenvalue weighted by Crippen LogP contribution is -1.88. The quantitative estimate of drug-likeness (QED) is 0.712. The Labute approximate surface area is 106 Å². The van der Waals surface area contributed by atoms with E-state index >= 15 is 0 Å². The second-order valence-electron chi connectivity index (χ2n) is 3.89. The summed E-state index contributed by atoms with van der Waals surface area (Å²) >= 11 is 12.0. The molecule has 0 fully saturated rings. The molecule has 0 aromatic heterocycles. The van der Waals surface area contributed by atoms with Crippen LogP contribution in [0.4, 0.5) is 0 Å². The molecular formula is C14H12Cl2. The molecule has 16 heavy (non-hydrogen) atoms. The maximum absolute atomic E-state index is 6.09. The van der Waals surface area contributed by atoms with Gasteiger partial charge in [-0.3, -0.25) is 0 Å². The van der Waals surface area contributed by atoms with E-state index in [2.05, 4.69) is 12.1 Å². The fraction of sp³-hybridized carbons (Fsp3) is 0.143. The van der Waals surface area contributed by atoms with Gasteiger partial charge in [0.25, 0.3) is 0 Å². The Balaban J connectivity index is 2.24. The molecule has 0 saturated carbocycles. The minimum atomic E-state index is 0.774. The molecule has 0 amide bonds. The Hall–Kier alpha value is -0.980. The highest BCUT2D eigenvalue weighted by atomic mass is 35.5. The van der Waals surface area contributed by atoms with Crippen LogP contribution < -0.4 is 0 Å². The van der Waals surface area contributed by atoms with Crippen molar-refractivity contribution in [3.05, 3.63) is 69.2 Å². The highest BCUT2D eigenvalue weighted by Gasteiger charge is 2.00. The molecule has 0 radical (unpaired) electrons. The molecule has 2 heteroatoms. The third-order valence-electron chi connectivity index (χ3n) is 2.53. The van der Waals surface area contributed by atoms with Crippen molar-refractivity contribution in [2.75, 3.05) is 0 Å². The topological polar surface area (TPSA) is 0 Å². The van der Waals surface area contributed by atoms with Gasteiger partial charge in [-0.25, -0.2) is 0 Å². The summed E-state index contributed by atoms with van der Waals surface area (Å²) in [6.07, 6.45) is 0.862. The molecule has 0 aliphatic rings. The molecule has 2 rings (SSSR count). The Kier molecular flexibility index (Phi) is 3.52. The monoisotopic (exact) mass is 250 g/mol. The van der Waals surface area contributed by atoms with E-state index in [1.54, 1.807) is 0 Å². The molecule has 0 aliphatic carbocycles. The molecule has 82 valence electrons. The molecule has 0 bridgehead atoms. The van der Waals surface area contributed by atoms with Gasteiger partial charge in [-0.15, -0.1) is 0 Å². The normalized spacial score (nSPS) is 10.4. The molecule has 0 atom stereocenters. The van der Waals surface area contributed by atoms with Gasteiger partial charge in [0.05, 0.1) is 0 Å². The number of benzene rings is 2. The average Bonchev–Trinajstić information content (AvgIpc) is 2.24. The predicted octanol–water partition coefficient (Wildman–Crippen LogP) is 4.89. The van der Waals surface area contributed by atoms with E-state index in [1.165, 1.54) is 11.1 Å². The van der Waals surface area contributed by atoms with E-state index < -0.39 is 0 Å². The van der Waals surface area contributed by atoms with E-state index in [0.29, 0.717) is 0 Å². The maximum Gasteiger partial charge on any atom is 0.0438 e. The molecule has 0 heterocycles. The van der Waals surface area contributed by atoms with Crippen molar-refractivity contribution in [2.45, 2.75) is 13.3 Å². The second kappa shape index (κ2) is 4.90. The van der Waals surface area contributed by atoms with Gasteiger partial charge in [0.15, 0.2) is 0 Å². The van der Waals surface area contributed by atoms with E-state index in [0.717, 1.165) is 22.0 Å². The highest BCUT2D eigenvalue weighted by molar-refractivity contribution is 6.31. The highest BCUT2D eigenvalue weighted by Crippen LogP contribution is 2.20. The maximum atomic E-state index is 6.09. The second-order valence-corrected chi connectivity index (χ2v) is 4.73. The average molecular weight is 251 g/mol. The van der Waals surface area contributed by atoms with Crippen molar-refractivity contribution in [3.63, 3.8) is 0 Å². The summed E-state index contributed by atoms with van der Waals surface area (Å²) in [7, 11) is 0. The predicted molar refractivity (Wildman–Crippen MR) is 70.4 cm³/mol. The first kappa shape index (κ1) is 11.5. The third-order valence-corrected chi connectivity index (χ3v) is 3.18. The summed E-state index contributed by atoms with van der Waals surface area (Å²) in [5, 5.41) is 1.59. The molecule has 0 N–H and O–H groups in total. The SMILES string of the molecule is Cc1ccc(Cc2cccc(Cl)c2)cc1Cl. The lowest BCUT2D eigenvalue weighted by Gasteiger charge is -2.04. The van der Waals surface area contributed by atoms with Crippen LogP contribution in [0.1, 0.15) is 16.7 Å². The van der Waals surface area contributed by atoms with E-state index in [-0.39, 0.29) is 0 Å². The summed E-state index contributed by atoms with van der Waals surface area (Å²) in [4.78, 5) is 0. The van der Waals surface area contributed by atoms with Crippen molar-refractivity contribution in [2.24, 2.45) is 0 Å². The zero-order valence-electron chi connectivity index (χ0n) is 9.00. The van der Waals surface area contributed by atoms with Crippen LogP contribution in [0, 0.1) is 6.92 Å². The van der Waals surface area contributed by atoms with Gasteiger partial charge in [0.2, 0.25) is 0 Å². The van der Waals surface area contributed by atoms with Crippen molar-refractivity contribution in [3.8, 4) is 0 Å². The van der Waals surface area contributed by atoms with E-state index in [4.69, 9.17) is 23.2 Å². The first-order valence-corrected chi connectivity index (χ1v) is 5.90.